The van der Waals surface area contributed by atoms with Crippen molar-refractivity contribution in [1.29, 1.82) is 5.26 Å². The van der Waals surface area contributed by atoms with Crippen molar-refractivity contribution in [3.8, 4) is 17.2 Å². The Labute approximate surface area is 93.0 Å². The van der Waals surface area contributed by atoms with Crippen LogP contribution in [0.15, 0.2) is 41.2 Å². The number of hydrogen-bond acceptors (Lipinski definition) is 2. The van der Waals surface area contributed by atoms with Gasteiger partial charge in [0.15, 0.2) is 0 Å². The second kappa shape index (κ2) is 4.03. The van der Waals surface area contributed by atoms with E-state index in [0.29, 0.717) is 5.56 Å². The number of rotatable bonds is 1. The highest BCUT2D eigenvalue weighted by atomic mass is 16.1. The number of nitrogens with zero attached hydrogens (tertiary/aromatic N) is 1. The fourth-order valence-corrected chi connectivity index (χ4v) is 1.61. The molecular formula is C13H10N2O. The zero-order valence-corrected chi connectivity index (χ0v) is 8.82. The average molecular weight is 210 g/mol. The Morgan fingerprint density at radius 2 is 1.81 bits per heavy atom. The van der Waals surface area contributed by atoms with Gasteiger partial charge in [-0.3, -0.25) is 4.79 Å². The summed E-state index contributed by atoms with van der Waals surface area (Å²) in [6, 6.07) is 12.6. The molecule has 1 heterocycles. The quantitative estimate of drug-likeness (QED) is 0.784. The summed E-state index contributed by atoms with van der Waals surface area (Å²) < 4.78 is 0. The lowest BCUT2D eigenvalue weighted by molar-refractivity contribution is 1.15. The molecule has 2 rings (SSSR count). The van der Waals surface area contributed by atoms with Crippen molar-refractivity contribution >= 4 is 0 Å². The fraction of sp³-hybridized carbons (Fsp3) is 0.0769. The third-order valence-electron chi connectivity index (χ3n) is 2.44. The molecule has 0 saturated carbocycles. The van der Waals surface area contributed by atoms with Crippen LogP contribution in [0.5, 0.6) is 0 Å². The van der Waals surface area contributed by atoms with E-state index in [1.165, 1.54) is 6.07 Å². The van der Waals surface area contributed by atoms with Gasteiger partial charge < -0.3 is 4.98 Å². The molecule has 0 radical (unpaired) electrons. The lowest BCUT2D eigenvalue weighted by atomic mass is 10.0. The van der Waals surface area contributed by atoms with Crippen LogP contribution in [0.1, 0.15) is 11.3 Å². The molecule has 0 aliphatic carbocycles. The van der Waals surface area contributed by atoms with Gasteiger partial charge in [-0.2, -0.15) is 5.26 Å². The van der Waals surface area contributed by atoms with Crippen molar-refractivity contribution in [3.63, 3.8) is 0 Å². The first-order chi connectivity index (χ1) is 7.70. The second-order valence-corrected chi connectivity index (χ2v) is 3.55. The van der Waals surface area contributed by atoms with Crippen LogP contribution < -0.4 is 5.56 Å². The predicted octanol–water partition coefficient (Wildman–Crippen LogP) is 2.22. The van der Waals surface area contributed by atoms with Crippen LogP contribution in [-0.4, -0.2) is 4.98 Å². The van der Waals surface area contributed by atoms with Gasteiger partial charge in [0.25, 0.3) is 0 Å². The van der Waals surface area contributed by atoms with Crippen LogP contribution in [0.3, 0.4) is 0 Å². The highest BCUT2D eigenvalue weighted by Crippen LogP contribution is 2.20. The Balaban J connectivity index is 2.51. The molecule has 0 spiro atoms. The molecule has 0 aliphatic heterocycles. The average Bonchev–Trinajstić information content (AvgIpc) is 2.29. The molecule has 16 heavy (non-hydrogen) atoms. The number of nitriles is 1. The van der Waals surface area contributed by atoms with E-state index in [1.54, 1.807) is 18.2 Å². The standard InChI is InChI=1S/C13H10N2O/c1-9-12(6-7-13(16)15-9)11-4-2-10(8-14)3-5-11/h2-7H,1H3,(H,15,16). The van der Waals surface area contributed by atoms with Crippen LogP contribution in [-0.2, 0) is 0 Å². The molecule has 0 saturated heterocycles. The number of pyridine rings is 1. The van der Waals surface area contributed by atoms with Gasteiger partial charge >= 0.3 is 0 Å². The van der Waals surface area contributed by atoms with E-state index in [0.717, 1.165) is 16.8 Å². The smallest absolute Gasteiger partial charge is 0.248 e. The Morgan fingerprint density at radius 1 is 1.12 bits per heavy atom. The Bertz CT molecular complexity index is 603. The van der Waals surface area contributed by atoms with Gasteiger partial charge in [0.1, 0.15) is 0 Å². The van der Waals surface area contributed by atoms with Crippen molar-refractivity contribution in [2.45, 2.75) is 6.92 Å². The topological polar surface area (TPSA) is 56.6 Å². The van der Waals surface area contributed by atoms with Crippen molar-refractivity contribution in [3.05, 3.63) is 58.0 Å². The zero-order chi connectivity index (χ0) is 11.5. The molecule has 0 bridgehead atoms. The summed E-state index contributed by atoms with van der Waals surface area (Å²) >= 11 is 0. The maximum atomic E-state index is 11.1. The number of aromatic nitrogens is 1. The summed E-state index contributed by atoms with van der Waals surface area (Å²) in [6.07, 6.45) is 0. The molecule has 1 aromatic heterocycles. The highest BCUT2D eigenvalue weighted by molar-refractivity contribution is 5.66. The second-order valence-electron chi connectivity index (χ2n) is 3.55. The monoisotopic (exact) mass is 210 g/mol. The number of nitrogens with one attached hydrogen (secondary N) is 1. The van der Waals surface area contributed by atoms with E-state index in [9.17, 15) is 4.79 Å². The normalized spacial score (nSPS) is 9.75. The van der Waals surface area contributed by atoms with Crippen molar-refractivity contribution in [2.75, 3.05) is 0 Å². The highest BCUT2D eigenvalue weighted by Gasteiger charge is 2.02. The van der Waals surface area contributed by atoms with E-state index in [4.69, 9.17) is 5.26 Å². The largest absolute Gasteiger partial charge is 0.326 e. The molecule has 0 aliphatic rings. The van der Waals surface area contributed by atoms with Gasteiger partial charge in [-0.25, -0.2) is 0 Å². The fourth-order valence-electron chi connectivity index (χ4n) is 1.61. The summed E-state index contributed by atoms with van der Waals surface area (Å²) in [4.78, 5) is 13.8. The van der Waals surface area contributed by atoms with Gasteiger partial charge in [-0.1, -0.05) is 12.1 Å². The first kappa shape index (κ1) is 10.2. The molecule has 0 amide bonds. The Kier molecular flexibility index (Phi) is 2.57. The number of H-pyrrole nitrogens is 1. The van der Waals surface area contributed by atoms with E-state index in [2.05, 4.69) is 11.1 Å². The van der Waals surface area contributed by atoms with E-state index in [1.807, 2.05) is 19.1 Å². The van der Waals surface area contributed by atoms with Crippen molar-refractivity contribution < 1.29 is 0 Å². The maximum absolute atomic E-state index is 11.1. The van der Waals surface area contributed by atoms with Crippen LogP contribution in [0, 0.1) is 18.3 Å². The molecular weight excluding hydrogens is 200 g/mol. The van der Waals surface area contributed by atoms with Crippen LogP contribution in [0.4, 0.5) is 0 Å². The van der Waals surface area contributed by atoms with E-state index in [-0.39, 0.29) is 5.56 Å². The first-order valence-electron chi connectivity index (χ1n) is 4.91. The molecule has 1 N–H and O–H groups in total. The summed E-state index contributed by atoms with van der Waals surface area (Å²) in [5.74, 6) is 0. The van der Waals surface area contributed by atoms with E-state index < -0.39 is 0 Å². The van der Waals surface area contributed by atoms with Crippen molar-refractivity contribution in [2.24, 2.45) is 0 Å². The number of hydrogen-bond donors (Lipinski definition) is 1. The minimum Gasteiger partial charge on any atom is -0.326 e. The Morgan fingerprint density at radius 3 is 2.38 bits per heavy atom. The molecule has 78 valence electrons. The molecule has 0 unspecified atom stereocenters. The summed E-state index contributed by atoms with van der Waals surface area (Å²) in [6.45, 7) is 1.86. The van der Waals surface area contributed by atoms with E-state index >= 15 is 0 Å². The van der Waals surface area contributed by atoms with Gasteiger partial charge in [0.2, 0.25) is 5.56 Å². The number of benzene rings is 1. The summed E-state index contributed by atoms with van der Waals surface area (Å²) in [5, 5.41) is 8.69. The third kappa shape index (κ3) is 1.86. The Hall–Kier alpha value is -2.34. The lowest BCUT2D eigenvalue weighted by Crippen LogP contribution is -2.05. The van der Waals surface area contributed by atoms with Crippen LogP contribution in [0.25, 0.3) is 11.1 Å². The van der Waals surface area contributed by atoms with Gasteiger partial charge in [-0.05, 0) is 30.7 Å². The lowest BCUT2D eigenvalue weighted by Gasteiger charge is -2.04. The van der Waals surface area contributed by atoms with Gasteiger partial charge in [0, 0.05) is 17.3 Å². The SMILES string of the molecule is Cc1[nH]c(=O)ccc1-c1ccc(C#N)cc1. The van der Waals surface area contributed by atoms with Crippen LogP contribution >= 0.6 is 0 Å². The predicted molar refractivity (Wildman–Crippen MR) is 62.0 cm³/mol. The first-order valence-corrected chi connectivity index (χ1v) is 4.91. The minimum atomic E-state index is -0.102. The maximum Gasteiger partial charge on any atom is 0.248 e. The number of aryl methyl sites for hydroxylation is 1. The minimum absolute atomic E-state index is 0.102. The van der Waals surface area contributed by atoms with Gasteiger partial charge in [0.05, 0.1) is 11.6 Å². The zero-order valence-electron chi connectivity index (χ0n) is 8.82. The molecule has 3 nitrogen and oxygen atoms in total. The molecule has 1 aromatic carbocycles. The summed E-state index contributed by atoms with van der Waals surface area (Å²) in [7, 11) is 0. The molecule has 3 heteroatoms. The van der Waals surface area contributed by atoms with Gasteiger partial charge in [-0.15, -0.1) is 0 Å². The molecule has 0 atom stereocenters. The summed E-state index contributed by atoms with van der Waals surface area (Å²) in [5.41, 5.74) is 3.33. The molecule has 0 fully saturated rings. The number of aromatic amines is 1. The molecule has 2 aromatic rings. The van der Waals surface area contributed by atoms with Crippen molar-refractivity contribution in [1.82, 2.24) is 4.98 Å². The third-order valence-corrected chi connectivity index (χ3v) is 2.44. The van der Waals surface area contributed by atoms with Crippen LogP contribution in [0.2, 0.25) is 0 Å².